The molecule has 2 amide bonds. The van der Waals surface area contributed by atoms with Gasteiger partial charge in [-0.3, -0.25) is 9.59 Å². The van der Waals surface area contributed by atoms with Crippen molar-refractivity contribution in [2.75, 3.05) is 0 Å². The number of carbonyl (C=O) groups excluding carboxylic acids is 2. The average Bonchev–Trinajstić information content (AvgIpc) is 2.81. The van der Waals surface area contributed by atoms with Gasteiger partial charge in [-0.25, -0.2) is 0 Å². The van der Waals surface area contributed by atoms with Crippen molar-refractivity contribution in [2.45, 2.75) is 96.7 Å². The number of carbonyl (C=O) groups is 2. The summed E-state index contributed by atoms with van der Waals surface area (Å²) >= 11 is 6.18. The number of aryl methyl sites for hydroxylation is 1. The number of halogens is 1. The van der Waals surface area contributed by atoms with Crippen LogP contribution in [0.25, 0.3) is 0 Å². The third-order valence-electron chi connectivity index (χ3n) is 6.81. The number of amides is 2. The quantitative estimate of drug-likeness (QED) is 0.470. The van der Waals surface area contributed by atoms with Crippen LogP contribution >= 0.6 is 11.6 Å². The lowest BCUT2D eigenvalue weighted by Gasteiger charge is -2.31. The first-order chi connectivity index (χ1) is 16.1. The summed E-state index contributed by atoms with van der Waals surface area (Å²) in [6, 6.07) is 15.7. The minimum Gasteiger partial charge on any atom is -0.352 e. The van der Waals surface area contributed by atoms with E-state index in [1.165, 1.54) is 12.0 Å². The highest BCUT2D eigenvalue weighted by Crippen LogP contribution is 2.23. The highest BCUT2D eigenvalue weighted by Gasteiger charge is 2.28. The second kappa shape index (κ2) is 11.9. The molecule has 2 aromatic rings. The molecule has 0 heterocycles. The first kappa shape index (κ1) is 26.3. The van der Waals surface area contributed by atoms with Crippen molar-refractivity contribution < 1.29 is 9.59 Å². The summed E-state index contributed by atoms with van der Waals surface area (Å²) in [5, 5.41) is 3.81. The monoisotopic (exact) mass is 482 g/mol. The van der Waals surface area contributed by atoms with Gasteiger partial charge in [0, 0.05) is 24.0 Å². The third-order valence-corrected chi connectivity index (χ3v) is 7.04. The standard InChI is InChI=1S/C29H39ClN2O2/c1-21(28(34)31-26-11-6-5-7-12-26)32(20-23-9-8-10-25(30)19-23)27(33)18-15-22-13-16-24(17-14-22)29(2,3)4/h8-10,13-14,16-17,19,21,26H,5-7,11-12,15,18,20H2,1-4H3,(H,31,34)/t21-/m1/s1. The van der Waals surface area contributed by atoms with Crippen molar-refractivity contribution >= 4 is 23.4 Å². The molecule has 0 saturated heterocycles. The number of hydrogen-bond acceptors (Lipinski definition) is 2. The largest absolute Gasteiger partial charge is 0.352 e. The van der Waals surface area contributed by atoms with Crippen LogP contribution < -0.4 is 5.32 Å². The molecule has 4 nitrogen and oxygen atoms in total. The first-order valence-electron chi connectivity index (χ1n) is 12.6. The average molecular weight is 483 g/mol. The summed E-state index contributed by atoms with van der Waals surface area (Å²) in [6.45, 7) is 8.78. The molecule has 184 valence electrons. The van der Waals surface area contributed by atoms with E-state index < -0.39 is 6.04 Å². The summed E-state index contributed by atoms with van der Waals surface area (Å²) in [7, 11) is 0. The summed E-state index contributed by atoms with van der Waals surface area (Å²) in [5.74, 6) is -0.0945. The lowest BCUT2D eigenvalue weighted by Crippen LogP contribution is -2.50. The second-order valence-electron chi connectivity index (χ2n) is 10.6. The third kappa shape index (κ3) is 7.59. The van der Waals surface area contributed by atoms with Gasteiger partial charge in [0.1, 0.15) is 6.04 Å². The Kier molecular flexibility index (Phi) is 9.18. The Balaban J connectivity index is 1.69. The molecule has 1 fully saturated rings. The summed E-state index contributed by atoms with van der Waals surface area (Å²) in [6.07, 6.45) is 6.58. The molecule has 1 saturated carbocycles. The van der Waals surface area contributed by atoms with E-state index in [4.69, 9.17) is 11.6 Å². The van der Waals surface area contributed by atoms with E-state index in [0.29, 0.717) is 24.4 Å². The van der Waals surface area contributed by atoms with Crippen LogP contribution in [0, 0.1) is 0 Å². The van der Waals surface area contributed by atoms with E-state index in [1.807, 2.05) is 31.2 Å². The predicted octanol–water partition coefficient (Wildman–Crippen LogP) is 6.44. The zero-order valence-electron chi connectivity index (χ0n) is 21.1. The van der Waals surface area contributed by atoms with Crippen molar-refractivity contribution in [2.24, 2.45) is 0 Å². The second-order valence-corrected chi connectivity index (χ2v) is 11.1. The van der Waals surface area contributed by atoms with Crippen molar-refractivity contribution in [3.8, 4) is 0 Å². The van der Waals surface area contributed by atoms with Gasteiger partial charge in [-0.15, -0.1) is 0 Å². The SMILES string of the molecule is C[C@H](C(=O)NC1CCCCC1)N(Cc1cccc(Cl)c1)C(=O)CCc1ccc(C(C)(C)C)cc1. The first-order valence-corrected chi connectivity index (χ1v) is 12.9. The van der Waals surface area contributed by atoms with Gasteiger partial charge < -0.3 is 10.2 Å². The smallest absolute Gasteiger partial charge is 0.242 e. The molecule has 2 aromatic carbocycles. The van der Waals surface area contributed by atoms with Crippen molar-refractivity contribution in [1.82, 2.24) is 10.2 Å². The van der Waals surface area contributed by atoms with E-state index in [-0.39, 0.29) is 23.3 Å². The topological polar surface area (TPSA) is 49.4 Å². The molecule has 1 aliphatic carbocycles. The summed E-state index contributed by atoms with van der Waals surface area (Å²) in [4.78, 5) is 28.2. The number of rotatable bonds is 8. The van der Waals surface area contributed by atoms with Crippen LogP contribution in [-0.2, 0) is 28.0 Å². The molecule has 0 unspecified atom stereocenters. The zero-order valence-corrected chi connectivity index (χ0v) is 21.8. The zero-order chi connectivity index (χ0) is 24.7. The Morgan fingerprint density at radius 1 is 1.03 bits per heavy atom. The molecule has 1 atom stereocenters. The van der Waals surface area contributed by atoms with Crippen molar-refractivity contribution in [1.29, 1.82) is 0 Å². The maximum atomic E-state index is 13.4. The van der Waals surface area contributed by atoms with E-state index in [1.54, 1.807) is 4.90 Å². The predicted molar refractivity (Wildman–Crippen MR) is 140 cm³/mol. The van der Waals surface area contributed by atoms with Crippen LogP contribution in [0.4, 0.5) is 0 Å². The van der Waals surface area contributed by atoms with Gasteiger partial charge in [0.05, 0.1) is 0 Å². The molecule has 0 aliphatic heterocycles. The Morgan fingerprint density at radius 2 is 1.71 bits per heavy atom. The molecular formula is C29H39ClN2O2. The number of nitrogens with one attached hydrogen (secondary N) is 1. The van der Waals surface area contributed by atoms with E-state index in [2.05, 4.69) is 50.4 Å². The lowest BCUT2D eigenvalue weighted by atomic mass is 9.86. The van der Waals surface area contributed by atoms with Crippen LogP contribution in [0.3, 0.4) is 0 Å². The van der Waals surface area contributed by atoms with Crippen LogP contribution in [0.15, 0.2) is 48.5 Å². The van der Waals surface area contributed by atoms with E-state index in [0.717, 1.165) is 36.8 Å². The van der Waals surface area contributed by atoms with E-state index >= 15 is 0 Å². The molecule has 5 heteroatoms. The molecule has 0 spiro atoms. The van der Waals surface area contributed by atoms with Gasteiger partial charge in [-0.2, -0.15) is 0 Å². The molecule has 0 radical (unpaired) electrons. The van der Waals surface area contributed by atoms with Gasteiger partial charge >= 0.3 is 0 Å². The maximum Gasteiger partial charge on any atom is 0.242 e. The lowest BCUT2D eigenvalue weighted by molar-refractivity contribution is -0.141. The normalized spacial score (nSPS) is 15.6. The Labute approximate surface area is 210 Å². The highest BCUT2D eigenvalue weighted by atomic mass is 35.5. The molecule has 1 N–H and O–H groups in total. The molecule has 34 heavy (non-hydrogen) atoms. The Morgan fingerprint density at radius 3 is 2.32 bits per heavy atom. The van der Waals surface area contributed by atoms with Gasteiger partial charge in [0.2, 0.25) is 11.8 Å². The fourth-order valence-electron chi connectivity index (χ4n) is 4.55. The van der Waals surface area contributed by atoms with E-state index in [9.17, 15) is 9.59 Å². The molecular weight excluding hydrogens is 444 g/mol. The molecule has 3 rings (SSSR count). The number of nitrogens with zero attached hydrogens (tertiary/aromatic N) is 1. The molecule has 1 aliphatic rings. The number of benzene rings is 2. The fourth-order valence-corrected chi connectivity index (χ4v) is 4.76. The fraction of sp³-hybridized carbons (Fsp3) is 0.517. The Bertz CT molecular complexity index is 959. The van der Waals surface area contributed by atoms with Gasteiger partial charge in [-0.05, 0) is 60.4 Å². The number of hydrogen-bond donors (Lipinski definition) is 1. The Hall–Kier alpha value is -2.33. The van der Waals surface area contributed by atoms with Crippen LogP contribution in [0.2, 0.25) is 5.02 Å². The summed E-state index contributed by atoms with van der Waals surface area (Å²) in [5.41, 5.74) is 3.43. The minimum absolute atomic E-state index is 0.0221. The molecule has 0 aromatic heterocycles. The van der Waals surface area contributed by atoms with Crippen molar-refractivity contribution in [3.05, 3.63) is 70.2 Å². The van der Waals surface area contributed by atoms with Crippen molar-refractivity contribution in [3.63, 3.8) is 0 Å². The van der Waals surface area contributed by atoms with Gasteiger partial charge in [0.25, 0.3) is 0 Å². The minimum atomic E-state index is -0.545. The van der Waals surface area contributed by atoms with Gasteiger partial charge in [-0.1, -0.05) is 88.0 Å². The highest BCUT2D eigenvalue weighted by molar-refractivity contribution is 6.30. The summed E-state index contributed by atoms with van der Waals surface area (Å²) < 4.78 is 0. The van der Waals surface area contributed by atoms with Crippen LogP contribution in [0.5, 0.6) is 0 Å². The maximum absolute atomic E-state index is 13.4. The molecule has 0 bridgehead atoms. The van der Waals surface area contributed by atoms with Gasteiger partial charge in [0.15, 0.2) is 0 Å². The van der Waals surface area contributed by atoms with Crippen LogP contribution in [-0.4, -0.2) is 28.8 Å². The van der Waals surface area contributed by atoms with Crippen LogP contribution in [0.1, 0.15) is 82.9 Å².